The van der Waals surface area contributed by atoms with Crippen molar-refractivity contribution in [1.82, 2.24) is 14.8 Å². The molecule has 0 N–H and O–H groups in total. The van der Waals surface area contributed by atoms with Gasteiger partial charge in [0, 0.05) is 24.4 Å². The lowest BCUT2D eigenvalue weighted by Crippen LogP contribution is -2.07. The van der Waals surface area contributed by atoms with Crippen LogP contribution in [0.4, 0.5) is 5.69 Å². The van der Waals surface area contributed by atoms with Crippen molar-refractivity contribution in [2.75, 3.05) is 0 Å². The molecule has 0 bridgehead atoms. The van der Waals surface area contributed by atoms with Crippen molar-refractivity contribution in [2.24, 2.45) is 5.92 Å². The van der Waals surface area contributed by atoms with Gasteiger partial charge in [-0.05, 0) is 23.6 Å². The van der Waals surface area contributed by atoms with Crippen LogP contribution in [-0.2, 0) is 12.3 Å². The number of nitro groups is 1. The summed E-state index contributed by atoms with van der Waals surface area (Å²) in [5.41, 5.74) is 1.09. The van der Waals surface area contributed by atoms with Crippen LogP contribution in [0.1, 0.15) is 19.4 Å². The molecular formula is C17H18N4O3S. The van der Waals surface area contributed by atoms with Crippen LogP contribution in [-0.4, -0.2) is 19.7 Å². The van der Waals surface area contributed by atoms with Crippen LogP contribution in [0.25, 0.3) is 11.6 Å². The number of hydrogen-bond donors (Lipinski definition) is 0. The molecule has 0 aliphatic carbocycles. The van der Waals surface area contributed by atoms with Gasteiger partial charge in [-0.25, -0.2) is 0 Å². The molecule has 130 valence electrons. The van der Waals surface area contributed by atoms with Gasteiger partial charge in [-0.3, -0.25) is 14.7 Å². The highest BCUT2D eigenvalue weighted by Crippen LogP contribution is 2.28. The maximum atomic E-state index is 10.7. The van der Waals surface area contributed by atoms with Gasteiger partial charge in [0.25, 0.3) is 5.69 Å². The minimum Gasteiger partial charge on any atom is -0.461 e. The fourth-order valence-corrected chi connectivity index (χ4v) is 3.28. The summed E-state index contributed by atoms with van der Waals surface area (Å²) in [6.45, 7) is 5.05. The van der Waals surface area contributed by atoms with Crippen LogP contribution < -0.4 is 0 Å². The zero-order valence-corrected chi connectivity index (χ0v) is 14.8. The van der Waals surface area contributed by atoms with Gasteiger partial charge in [0.05, 0.1) is 11.2 Å². The Morgan fingerprint density at radius 1 is 1.24 bits per heavy atom. The van der Waals surface area contributed by atoms with Crippen molar-refractivity contribution in [3.8, 4) is 11.6 Å². The highest BCUT2D eigenvalue weighted by molar-refractivity contribution is 7.98. The van der Waals surface area contributed by atoms with E-state index in [-0.39, 0.29) is 5.69 Å². The van der Waals surface area contributed by atoms with Gasteiger partial charge in [0.15, 0.2) is 16.7 Å². The number of rotatable bonds is 7. The van der Waals surface area contributed by atoms with E-state index in [1.54, 1.807) is 30.2 Å². The summed E-state index contributed by atoms with van der Waals surface area (Å²) in [7, 11) is 0. The minimum absolute atomic E-state index is 0.0943. The molecule has 0 spiro atoms. The number of benzene rings is 1. The van der Waals surface area contributed by atoms with E-state index in [4.69, 9.17) is 4.42 Å². The number of nitro benzene ring substituents is 1. The second-order valence-electron chi connectivity index (χ2n) is 6.00. The molecule has 7 nitrogen and oxygen atoms in total. The molecule has 3 aromatic rings. The van der Waals surface area contributed by atoms with E-state index in [2.05, 4.69) is 28.6 Å². The molecule has 0 saturated heterocycles. The standard InChI is InChI=1S/C17H18N4O3S/c1-12(2)10-20-16(15-4-3-9-24-15)18-19-17(20)25-11-13-5-7-14(8-6-13)21(22)23/h3-9,12H,10-11H2,1-2H3. The summed E-state index contributed by atoms with van der Waals surface area (Å²) in [6.07, 6.45) is 1.62. The molecule has 3 rings (SSSR count). The van der Waals surface area contributed by atoms with E-state index < -0.39 is 4.92 Å². The molecule has 0 radical (unpaired) electrons. The smallest absolute Gasteiger partial charge is 0.269 e. The fraction of sp³-hybridized carbons (Fsp3) is 0.294. The molecule has 0 unspecified atom stereocenters. The largest absolute Gasteiger partial charge is 0.461 e. The molecule has 8 heteroatoms. The second kappa shape index (κ2) is 7.52. The van der Waals surface area contributed by atoms with Crippen molar-refractivity contribution in [3.63, 3.8) is 0 Å². The van der Waals surface area contributed by atoms with E-state index in [0.29, 0.717) is 23.3 Å². The number of furan rings is 1. The average Bonchev–Trinajstić information content (AvgIpc) is 3.22. The van der Waals surface area contributed by atoms with Gasteiger partial charge in [0.1, 0.15) is 0 Å². The van der Waals surface area contributed by atoms with Gasteiger partial charge in [-0.15, -0.1) is 10.2 Å². The highest BCUT2D eigenvalue weighted by atomic mass is 32.2. The molecular weight excluding hydrogens is 340 g/mol. The Labute approximate surface area is 149 Å². The Morgan fingerprint density at radius 3 is 2.60 bits per heavy atom. The van der Waals surface area contributed by atoms with E-state index in [1.165, 1.54) is 12.1 Å². The highest BCUT2D eigenvalue weighted by Gasteiger charge is 2.17. The predicted octanol–water partition coefficient (Wildman–Crippen LogP) is 4.39. The monoisotopic (exact) mass is 358 g/mol. The number of non-ortho nitro benzene ring substituents is 1. The van der Waals surface area contributed by atoms with Crippen LogP contribution in [0.3, 0.4) is 0 Å². The number of thioether (sulfide) groups is 1. The van der Waals surface area contributed by atoms with Crippen molar-refractivity contribution in [3.05, 3.63) is 58.3 Å². The van der Waals surface area contributed by atoms with Crippen LogP contribution in [0.2, 0.25) is 0 Å². The summed E-state index contributed by atoms with van der Waals surface area (Å²) in [6, 6.07) is 10.3. The molecule has 2 heterocycles. The summed E-state index contributed by atoms with van der Waals surface area (Å²) in [5.74, 6) is 2.50. The van der Waals surface area contributed by atoms with Crippen LogP contribution in [0, 0.1) is 16.0 Å². The first-order valence-electron chi connectivity index (χ1n) is 7.88. The van der Waals surface area contributed by atoms with Gasteiger partial charge in [-0.2, -0.15) is 0 Å². The third-order valence-corrected chi connectivity index (χ3v) is 4.56. The summed E-state index contributed by atoms with van der Waals surface area (Å²) in [4.78, 5) is 10.3. The molecule has 0 amide bonds. The Morgan fingerprint density at radius 2 is 2.00 bits per heavy atom. The third kappa shape index (κ3) is 4.08. The maximum absolute atomic E-state index is 10.7. The van der Waals surface area contributed by atoms with Gasteiger partial charge < -0.3 is 4.42 Å². The maximum Gasteiger partial charge on any atom is 0.269 e. The quantitative estimate of drug-likeness (QED) is 0.353. The summed E-state index contributed by atoms with van der Waals surface area (Å²) < 4.78 is 7.51. The van der Waals surface area contributed by atoms with E-state index in [9.17, 15) is 10.1 Å². The van der Waals surface area contributed by atoms with Crippen molar-refractivity contribution >= 4 is 17.4 Å². The third-order valence-electron chi connectivity index (χ3n) is 3.52. The normalized spacial score (nSPS) is 11.2. The van der Waals surface area contributed by atoms with Crippen LogP contribution in [0.15, 0.2) is 52.2 Å². The zero-order valence-electron chi connectivity index (χ0n) is 14.0. The topological polar surface area (TPSA) is 87.0 Å². The number of hydrogen-bond acceptors (Lipinski definition) is 6. The van der Waals surface area contributed by atoms with Crippen LogP contribution >= 0.6 is 11.8 Å². The lowest BCUT2D eigenvalue weighted by molar-refractivity contribution is -0.384. The number of aromatic nitrogens is 3. The zero-order chi connectivity index (χ0) is 17.8. The minimum atomic E-state index is -0.397. The first-order valence-corrected chi connectivity index (χ1v) is 8.86. The van der Waals surface area contributed by atoms with Gasteiger partial charge in [0.2, 0.25) is 0 Å². The van der Waals surface area contributed by atoms with Crippen molar-refractivity contribution in [2.45, 2.75) is 31.3 Å². The molecule has 0 saturated carbocycles. The molecule has 0 aliphatic rings. The molecule has 2 aromatic heterocycles. The molecule has 0 fully saturated rings. The Kier molecular flexibility index (Phi) is 5.18. The van der Waals surface area contributed by atoms with E-state index in [0.717, 1.165) is 17.3 Å². The fourth-order valence-electron chi connectivity index (χ4n) is 2.38. The first kappa shape index (κ1) is 17.2. The molecule has 1 aromatic carbocycles. The van der Waals surface area contributed by atoms with Gasteiger partial charge in [-0.1, -0.05) is 37.7 Å². The Hall–Kier alpha value is -2.61. The van der Waals surface area contributed by atoms with Crippen molar-refractivity contribution < 1.29 is 9.34 Å². The van der Waals surface area contributed by atoms with E-state index >= 15 is 0 Å². The molecule has 0 atom stereocenters. The summed E-state index contributed by atoms with van der Waals surface area (Å²) >= 11 is 1.55. The lowest BCUT2D eigenvalue weighted by atomic mass is 10.2. The van der Waals surface area contributed by atoms with Gasteiger partial charge >= 0.3 is 0 Å². The second-order valence-corrected chi connectivity index (χ2v) is 6.94. The van der Waals surface area contributed by atoms with Crippen molar-refractivity contribution in [1.29, 1.82) is 0 Å². The van der Waals surface area contributed by atoms with Crippen LogP contribution in [0.5, 0.6) is 0 Å². The van der Waals surface area contributed by atoms with E-state index in [1.807, 2.05) is 12.1 Å². The SMILES string of the molecule is CC(C)Cn1c(SCc2ccc([N+](=O)[O-])cc2)nnc1-c1ccco1. The Bertz CT molecular complexity index is 841. The number of nitrogens with zero attached hydrogens (tertiary/aromatic N) is 4. The Balaban J connectivity index is 1.78. The lowest BCUT2D eigenvalue weighted by Gasteiger charge is -2.11. The average molecular weight is 358 g/mol. The summed E-state index contributed by atoms with van der Waals surface area (Å²) in [5, 5.41) is 20.1. The molecule has 25 heavy (non-hydrogen) atoms. The molecule has 0 aliphatic heterocycles. The predicted molar refractivity (Wildman–Crippen MR) is 95.2 cm³/mol. The first-order chi connectivity index (χ1) is 12.0.